The zero-order valence-corrected chi connectivity index (χ0v) is 28.9. The smallest absolute Gasteiger partial charge is 0.340 e. The van der Waals surface area contributed by atoms with E-state index in [4.69, 9.17) is 33.1 Å². The Morgan fingerprint density at radius 2 is 1.67 bits per heavy atom. The first kappa shape index (κ1) is 36.1. The molecule has 1 aliphatic heterocycles. The number of rotatable bonds is 10. The van der Waals surface area contributed by atoms with E-state index in [9.17, 15) is 27.5 Å². The minimum absolute atomic E-state index is 0.0333. The van der Waals surface area contributed by atoms with Gasteiger partial charge in [0.05, 0.1) is 30.7 Å². The maximum Gasteiger partial charge on any atom is 0.340 e. The predicted octanol–water partition coefficient (Wildman–Crippen LogP) is 6.35. The van der Waals surface area contributed by atoms with Crippen molar-refractivity contribution < 1.29 is 36.2 Å². The largest absolute Gasteiger partial charge is 0.508 e. The molecule has 1 heterocycles. The highest BCUT2D eigenvalue weighted by molar-refractivity contribution is 7.87. The lowest BCUT2D eigenvalue weighted by atomic mass is 9.98. The number of carbonyl (C=O) groups is 2. The molecule has 3 amide bonds. The van der Waals surface area contributed by atoms with Gasteiger partial charge in [0.2, 0.25) is 5.91 Å². The number of benzene rings is 4. The highest BCUT2D eigenvalue weighted by Gasteiger charge is 2.41. The van der Waals surface area contributed by atoms with Crippen LogP contribution in [0.5, 0.6) is 11.5 Å². The zero-order valence-electron chi connectivity index (χ0n) is 26.6. The van der Waals surface area contributed by atoms with Crippen molar-refractivity contribution in [2.45, 2.75) is 42.8 Å². The molecular formula is C35H36Cl2FN4O6S+. The first-order chi connectivity index (χ1) is 23.2. The number of phenols is 1. The molecule has 0 radical (unpaired) electrons. The second-order valence-corrected chi connectivity index (χ2v) is 14.7. The van der Waals surface area contributed by atoms with Crippen molar-refractivity contribution in [2.24, 2.45) is 5.73 Å². The standard InChI is InChI=1S/C35H35Cl2FN4O6S/c1-42(21-24-4-9-26(38)10-5-24)18-2-3-28(22-42)41(34(44)32(39)19-23-6-13-29(43)14-7-23)35(45)40-27-11-15-30(16-12-27)48-49(46,47)33-17-8-25(36)20-31(33)37/h4-17,20,28,32H,2-3,18-19,21-22,39H2,1H3,(H-,40,43,45)/p+1/t28-,32-,42?/m0/s1. The Kier molecular flexibility index (Phi) is 11.2. The summed E-state index contributed by atoms with van der Waals surface area (Å²) in [7, 11) is -2.25. The summed E-state index contributed by atoms with van der Waals surface area (Å²) in [5.74, 6) is -0.857. The zero-order chi connectivity index (χ0) is 35.3. The van der Waals surface area contributed by atoms with Crippen molar-refractivity contribution in [2.75, 3.05) is 25.5 Å². The van der Waals surface area contributed by atoms with Gasteiger partial charge in [-0.3, -0.25) is 9.69 Å². The van der Waals surface area contributed by atoms with Crippen LogP contribution >= 0.6 is 23.2 Å². The molecule has 1 aliphatic rings. The Labute approximate surface area is 294 Å². The Bertz CT molecular complexity index is 1910. The second-order valence-electron chi connectivity index (χ2n) is 12.4. The van der Waals surface area contributed by atoms with E-state index >= 15 is 0 Å². The van der Waals surface area contributed by atoms with Gasteiger partial charge >= 0.3 is 16.1 Å². The van der Waals surface area contributed by atoms with Crippen LogP contribution in [0.15, 0.2) is 95.9 Å². The number of carbonyl (C=O) groups excluding carboxylic acids is 2. The van der Waals surface area contributed by atoms with Crippen molar-refractivity contribution in [3.63, 3.8) is 0 Å². The number of nitrogens with two attached hydrogens (primary N) is 1. The number of halogens is 3. The second kappa shape index (κ2) is 15.1. The topological polar surface area (TPSA) is 139 Å². The fraction of sp³-hybridized carbons (Fsp3) is 0.257. The summed E-state index contributed by atoms with van der Waals surface area (Å²) in [4.78, 5) is 28.8. The molecule has 10 nitrogen and oxygen atoms in total. The summed E-state index contributed by atoms with van der Waals surface area (Å²) in [6.07, 6.45) is 1.42. The highest BCUT2D eigenvalue weighted by Crippen LogP contribution is 2.29. The van der Waals surface area contributed by atoms with Crippen LogP contribution in [0, 0.1) is 5.82 Å². The molecule has 14 heteroatoms. The van der Waals surface area contributed by atoms with Gasteiger partial charge in [-0.2, -0.15) is 8.42 Å². The van der Waals surface area contributed by atoms with E-state index in [1.807, 2.05) is 7.05 Å². The Balaban J connectivity index is 1.35. The van der Waals surface area contributed by atoms with Crippen LogP contribution in [0.4, 0.5) is 14.9 Å². The lowest BCUT2D eigenvalue weighted by Crippen LogP contribution is -2.62. The van der Waals surface area contributed by atoms with E-state index in [-0.39, 0.29) is 44.4 Å². The van der Waals surface area contributed by atoms with Gasteiger partial charge in [0.1, 0.15) is 35.3 Å². The van der Waals surface area contributed by atoms with E-state index in [1.54, 1.807) is 24.3 Å². The summed E-state index contributed by atoms with van der Waals surface area (Å²) < 4.78 is 45.0. The number of nitrogens with one attached hydrogen (secondary N) is 1. The lowest BCUT2D eigenvalue weighted by molar-refractivity contribution is -0.928. The number of likely N-dealkylation sites (N-methyl/N-ethyl adjacent to an activating group) is 1. The number of imide groups is 1. The van der Waals surface area contributed by atoms with Crippen LogP contribution in [0.1, 0.15) is 24.0 Å². The van der Waals surface area contributed by atoms with Crippen LogP contribution < -0.4 is 15.2 Å². The number of anilines is 1. The summed E-state index contributed by atoms with van der Waals surface area (Å²) in [6, 6.07) is 19.9. The molecule has 0 bridgehead atoms. The van der Waals surface area contributed by atoms with E-state index < -0.39 is 34.1 Å². The molecule has 1 fully saturated rings. The summed E-state index contributed by atoms with van der Waals surface area (Å²) in [6.45, 7) is 1.81. The Morgan fingerprint density at radius 1 is 1.02 bits per heavy atom. The van der Waals surface area contributed by atoms with Crippen LogP contribution in [0.3, 0.4) is 0 Å². The molecule has 4 N–H and O–H groups in total. The van der Waals surface area contributed by atoms with Gasteiger partial charge in [-0.1, -0.05) is 47.5 Å². The average molecular weight is 731 g/mol. The molecular weight excluding hydrogens is 694 g/mol. The van der Waals surface area contributed by atoms with Crippen LogP contribution in [0.2, 0.25) is 10.0 Å². The monoisotopic (exact) mass is 729 g/mol. The molecule has 4 aromatic carbocycles. The van der Waals surface area contributed by atoms with Crippen molar-refractivity contribution in [3.8, 4) is 11.5 Å². The first-order valence-electron chi connectivity index (χ1n) is 15.5. The lowest BCUT2D eigenvalue weighted by Gasteiger charge is -2.44. The Morgan fingerprint density at radius 3 is 2.33 bits per heavy atom. The van der Waals surface area contributed by atoms with Gasteiger partial charge in [0.15, 0.2) is 0 Å². The molecule has 3 atom stereocenters. The quantitative estimate of drug-likeness (QED) is 0.128. The molecule has 0 aliphatic carbocycles. The number of hydrogen-bond donors (Lipinski definition) is 3. The van der Waals surface area contributed by atoms with Crippen molar-refractivity contribution in [3.05, 3.63) is 118 Å². The molecule has 0 saturated carbocycles. The van der Waals surface area contributed by atoms with Crippen molar-refractivity contribution in [1.29, 1.82) is 0 Å². The normalized spacial score (nSPS) is 18.3. The molecule has 0 aromatic heterocycles. The van der Waals surface area contributed by atoms with E-state index in [0.717, 1.165) is 18.5 Å². The fourth-order valence-electron chi connectivity index (χ4n) is 6.01. The highest BCUT2D eigenvalue weighted by atomic mass is 35.5. The summed E-state index contributed by atoms with van der Waals surface area (Å²) >= 11 is 11.9. The number of quaternary nitrogens is 1. The third kappa shape index (κ3) is 9.28. The summed E-state index contributed by atoms with van der Waals surface area (Å²) in [5, 5.41) is 12.6. The van der Waals surface area contributed by atoms with Gasteiger partial charge in [0, 0.05) is 16.3 Å². The fourth-order valence-corrected chi connectivity index (χ4v) is 7.69. The maximum atomic E-state index is 14.0. The number of phenolic OH excluding ortho intramolecular Hbond substituents is 1. The van der Waals surface area contributed by atoms with Gasteiger partial charge in [0.25, 0.3) is 0 Å². The molecule has 5 rings (SSSR count). The van der Waals surface area contributed by atoms with E-state index in [0.29, 0.717) is 29.6 Å². The average Bonchev–Trinajstić information content (AvgIpc) is 3.04. The van der Waals surface area contributed by atoms with Crippen LogP contribution in [-0.4, -0.2) is 67.1 Å². The SMILES string of the molecule is C[N+]1(Cc2ccc(F)cc2)CCC[C@H](N(C(=O)Nc2ccc(OS(=O)(=O)c3ccc(Cl)cc3Cl)cc2)C(=O)[C@@H](N)Cc2ccc(O)cc2)C1. The molecule has 1 saturated heterocycles. The predicted molar refractivity (Wildman–Crippen MR) is 185 cm³/mol. The number of amides is 3. The number of nitrogens with zero attached hydrogens (tertiary/aromatic N) is 2. The number of urea groups is 1. The molecule has 0 spiro atoms. The molecule has 49 heavy (non-hydrogen) atoms. The number of hydrogen-bond acceptors (Lipinski definition) is 7. The van der Waals surface area contributed by atoms with Gasteiger partial charge in [-0.25, -0.2) is 9.18 Å². The van der Waals surface area contributed by atoms with Gasteiger partial charge in [-0.05, 0) is 91.6 Å². The number of likely N-dealkylation sites (tertiary alicyclic amines) is 1. The Hall–Kier alpha value is -4.20. The minimum atomic E-state index is -4.29. The minimum Gasteiger partial charge on any atom is -0.508 e. The number of aromatic hydroxyl groups is 1. The van der Waals surface area contributed by atoms with Gasteiger partial charge in [-0.15, -0.1) is 0 Å². The third-order valence-corrected chi connectivity index (χ3v) is 10.3. The van der Waals surface area contributed by atoms with E-state index in [2.05, 4.69) is 5.32 Å². The third-order valence-electron chi connectivity index (χ3n) is 8.37. The van der Waals surface area contributed by atoms with E-state index in [1.165, 1.54) is 71.6 Å². The molecule has 258 valence electrons. The summed E-state index contributed by atoms with van der Waals surface area (Å²) in [5.41, 5.74) is 8.34. The molecule has 1 unspecified atom stereocenters. The van der Waals surface area contributed by atoms with Crippen molar-refractivity contribution >= 4 is 50.9 Å². The maximum absolute atomic E-state index is 14.0. The van der Waals surface area contributed by atoms with Gasteiger partial charge < -0.3 is 24.8 Å². The van der Waals surface area contributed by atoms with Crippen LogP contribution in [-0.2, 0) is 27.9 Å². The van der Waals surface area contributed by atoms with Crippen molar-refractivity contribution in [1.82, 2.24) is 4.90 Å². The number of piperidine rings is 1. The van der Waals surface area contributed by atoms with Crippen LogP contribution in [0.25, 0.3) is 0 Å². The molecule has 4 aromatic rings. The first-order valence-corrected chi connectivity index (χ1v) is 17.6.